The first-order valence-corrected chi connectivity index (χ1v) is 8.43. The first-order valence-electron chi connectivity index (χ1n) is 7.55. The standard InChI is InChI=1S/C18H18N2O4S/c1-12(24-17(22)10-9-16-4-3-11-25-16)18(23)20-15-7-5-14(6-8-15)19-13(2)21/h3-12H,1-2H3,(H,19,21)(H,20,23)/t12-/m0/s1. The third-order valence-corrected chi connectivity index (χ3v) is 3.90. The van der Waals surface area contributed by atoms with E-state index in [1.54, 1.807) is 30.3 Å². The van der Waals surface area contributed by atoms with E-state index in [2.05, 4.69) is 10.6 Å². The summed E-state index contributed by atoms with van der Waals surface area (Å²) in [7, 11) is 0. The van der Waals surface area contributed by atoms with Gasteiger partial charge in [0, 0.05) is 29.3 Å². The zero-order valence-corrected chi connectivity index (χ0v) is 14.6. The Labute approximate surface area is 149 Å². The number of carbonyl (C=O) groups excluding carboxylic acids is 3. The van der Waals surface area contributed by atoms with Gasteiger partial charge in [-0.3, -0.25) is 9.59 Å². The third kappa shape index (κ3) is 6.23. The first-order chi connectivity index (χ1) is 11.9. The Morgan fingerprint density at radius 3 is 2.28 bits per heavy atom. The average molecular weight is 358 g/mol. The minimum absolute atomic E-state index is 0.173. The summed E-state index contributed by atoms with van der Waals surface area (Å²) in [5.41, 5.74) is 1.17. The molecule has 0 aliphatic rings. The van der Waals surface area contributed by atoms with Crippen LogP contribution in [0.2, 0.25) is 0 Å². The van der Waals surface area contributed by atoms with E-state index in [0.717, 1.165) is 4.88 Å². The summed E-state index contributed by atoms with van der Waals surface area (Å²) >= 11 is 1.50. The minimum atomic E-state index is -0.935. The number of thiophene rings is 1. The summed E-state index contributed by atoms with van der Waals surface area (Å²) in [6, 6.07) is 10.4. The molecule has 0 bridgehead atoms. The smallest absolute Gasteiger partial charge is 0.331 e. The molecule has 0 saturated heterocycles. The lowest BCUT2D eigenvalue weighted by atomic mass is 10.2. The van der Waals surface area contributed by atoms with Crippen LogP contribution in [-0.4, -0.2) is 23.9 Å². The number of nitrogens with one attached hydrogen (secondary N) is 2. The predicted molar refractivity (Wildman–Crippen MR) is 98.3 cm³/mol. The Balaban J connectivity index is 1.85. The van der Waals surface area contributed by atoms with Crippen LogP contribution in [0, 0.1) is 0 Å². The van der Waals surface area contributed by atoms with E-state index >= 15 is 0 Å². The van der Waals surface area contributed by atoms with Crippen molar-refractivity contribution in [2.24, 2.45) is 0 Å². The molecule has 2 aromatic rings. The van der Waals surface area contributed by atoms with E-state index < -0.39 is 18.0 Å². The molecule has 0 aliphatic carbocycles. The van der Waals surface area contributed by atoms with E-state index in [1.807, 2.05) is 17.5 Å². The molecule has 130 valence electrons. The fraction of sp³-hybridized carbons (Fsp3) is 0.167. The molecule has 2 rings (SSSR count). The van der Waals surface area contributed by atoms with E-state index in [-0.39, 0.29) is 5.91 Å². The quantitative estimate of drug-likeness (QED) is 0.613. The second kappa shape index (κ2) is 8.79. The minimum Gasteiger partial charge on any atom is -0.449 e. The van der Waals surface area contributed by atoms with Gasteiger partial charge in [0.25, 0.3) is 5.91 Å². The van der Waals surface area contributed by atoms with Gasteiger partial charge in [-0.15, -0.1) is 11.3 Å². The molecule has 2 N–H and O–H groups in total. The Morgan fingerprint density at radius 1 is 1.08 bits per heavy atom. The number of ether oxygens (including phenoxy) is 1. The predicted octanol–water partition coefficient (Wildman–Crippen LogP) is 3.29. The van der Waals surface area contributed by atoms with Gasteiger partial charge in [-0.25, -0.2) is 4.79 Å². The van der Waals surface area contributed by atoms with Crippen molar-refractivity contribution in [2.45, 2.75) is 20.0 Å². The van der Waals surface area contributed by atoms with Crippen LogP contribution < -0.4 is 10.6 Å². The highest BCUT2D eigenvalue weighted by Gasteiger charge is 2.16. The number of anilines is 2. The molecule has 25 heavy (non-hydrogen) atoms. The first kappa shape index (κ1) is 18.4. The van der Waals surface area contributed by atoms with Gasteiger partial charge in [-0.2, -0.15) is 0 Å². The van der Waals surface area contributed by atoms with Crippen LogP contribution in [0.1, 0.15) is 18.7 Å². The van der Waals surface area contributed by atoms with Crippen LogP contribution in [0.5, 0.6) is 0 Å². The summed E-state index contributed by atoms with van der Waals surface area (Å²) in [6.45, 7) is 2.91. The second-order valence-corrected chi connectivity index (χ2v) is 6.15. The van der Waals surface area contributed by atoms with Crippen molar-refractivity contribution in [3.8, 4) is 0 Å². The van der Waals surface area contributed by atoms with Gasteiger partial charge < -0.3 is 15.4 Å². The third-order valence-electron chi connectivity index (χ3n) is 3.06. The Morgan fingerprint density at radius 2 is 1.72 bits per heavy atom. The zero-order valence-electron chi connectivity index (χ0n) is 13.8. The van der Waals surface area contributed by atoms with Crippen molar-refractivity contribution in [1.82, 2.24) is 0 Å². The highest BCUT2D eigenvalue weighted by Crippen LogP contribution is 2.14. The number of esters is 1. The number of benzene rings is 1. The molecule has 0 radical (unpaired) electrons. The van der Waals surface area contributed by atoms with E-state index in [4.69, 9.17) is 4.74 Å². The lowest BCUT2D eigenvalue weighted by Crippen LogP contribution is -2.29. The van der Waals surface area contributed by atoms with Gasteiger partial charge in [0.05, 0.1) is 0 Å². The topological polar surface area (TPSA) is 84.5 Å². The fourth-order valence-electron chi connectivity index (χ4n) is 1.89. The van der Waals surface area contributed by atoms with Crippen molar-refractivity contribution in [3.63, 3.8) is 0 Å². The maximum absolute atomic E-state index is 12.1. The van der Waals surface area contributed by atoms with Gasteiger partial charge in [-0.05, 0) is 48.7 Å². The van der Waals surface area contributed by atoms with Crippen molar-refractivity contribution >= 4 is 46.6 Å². The molecule has 1 atom stereocenters. The normalized spacial score (nSPS) is 11.8. The SMILES string of the molecule is CC(=O)Nc1ccc(NC(=O)[C@H](C)OC(=O)C=Cc2cccs2)cc1. The van der Waals surface area contributed by atoms with Gasteiger partial charge >= 0.3 is 5.97 Å². The van der Waals surface area contributed by atoms with Gasteiger partial charge in [0.2, 0.25) is 5.91 Å². The molecule has 1 aromatic heterocycles. The summed E-state index contributed by atoms with van der Waals surface area (Å²) < 4.78 is 5.07. The summed E-state index contributed by atoms with van der Waals surface area (Å²) in [5.74, 6) is -1.20. The maximum Gasteiger partial charge on any atom is 0.331 e. The maximum atomic E-state index is 12.1. The molecular formula is C18H18N2O4S. The van der Waals surface area contributed by atoms with Crippen molar-refractivity contribution in [1.29, 1.82) is 0 Å². The zero-order chi connectivity index (χ0) is 18.2. The number of rotatable bonds is 6. The molecule has 1 aromatic carbocycles. The number of hydrogen-bond acceptors (Lipinski definition) is 5. The van der Waals surface area contributed by atoms with Gasteiger partial charge in [0.15, 0.2) is 6.10 Å². The molecular weight excluding hydrogens is 340 g/mol. The van der Waals surface area contributed by atoms with Crippen LogP contribution in [0.4, 0.5) is 11.4 Å². The summed E-state index contributed by atoms with van der Waals surface area (Å²) in [6.07, 6.45) is 1.99. The van der Waals surface area contributed by atoms with E-state index in [0.29, 0.717) is 11.4 Å². The Bertz CT molecular complexity index is 767. The van der Waals surface area contributed by atoms with E-state index in [1.165, 1.54) is 31.3 Å². The van der Waals surface area contributed by atoms with Crippen molar-refractivity contribution < 1.29 is 19.1 Å². The lowest BCUT2D eigenvalue weighted by molar-refractivity contribution is -0.148. The van der Waals surface area contributed by atoms with Crippen LogP contribution in [0.25, 0.3) is 6.08 Å². The number of amides is 2. The molecule has 0 fully saturated rings. The van der Waals surface area contributed by atoms with Crippen molar-refractivity contribution in [2.75, 3.05) is 10.6 Å². The van der Waals surface area contributed by atoms with Gasteiger partial charge in [-0.1, -0.05) is 6.07 Å². The molecule has 0 unspecified atom stereocenters. The highest BCUT2D eigenvalue weighted by atomic mass is 32.1. The summed E-state index contributed by atoms with van der Waals surface area (Å²) in [5, 5.41) is 7.18. The average Bonchev–Trinajstić information content (AvgIpc) is 3.07. The molecule has 2 amide bonds. The molecule has 6 nitrogen and oxygen atoms in total. The Kier molecular flexibility index (Phi) is 6.47. The van der Waals surface area contributed by atoms with Crippen LogP contribution in [-0.2, 0) is 19.1 Å². The van der Waals surface area contributed by atoms with E-state index in [9.17, 15) is 14.4 Å². The highest BCUT2D eigenvalue weighted by molar-refractivity contribution is 7.10. The van der Waals surface area contributed by atoms with Crippen LogP contribution in [0.15, 0.2) is 47.9 Å². The monoisotopic (exact) mass is 358 g/mol. The molecule has 7 heteroatoms. The van der Waals surface area contributed by atoms with Crippen LogP contribution in [0.3, 0.4) is 0 Å². The molecule has 0 saturated carbocycles. The lowest BCUT2D eigenvalue weighted by Gasteiger charge is -2.12. The molecule has 0 aliphatic heterocycles. The van der Waals surface area contributed by atoms with Crippen molar-refractivity contribution in [3.05, 3.63) is 52.7 Å². The number of hydrogen-bond donors (Lipinski definition) is 2. The molecule has 1 heterocycles. The second-order valence-electron chi connectivity index (χ2n) is 5.18. The Hall–Kier alpha value is -2.93. The summed E-state index contributed by atoms with van der Waals surface area (Å²) in [4.78, 5) is 35.7. The largest absolute Gasteiger partial charge is 0.449 e. The fourth-order valence-corrected chi connectivity index (χ4v) is 2.51. The number of carbonyl (C=O) groups is 3. The molecule has 0 spiro atoms. The van der Waals surface area contributed by atoms with Gasteiger partial charge in [0.1, 0.15) is 0 Å². The van der Waals surface area contributed by atoms with Crippen LogP contribution >= 0.6 is 11.3 Å².